The fourth-order valence-corrected chi connectivity index (χ4v) is 2.52. The Kier molecular flexibility index (Phi) is 11.1. The van der Waals surface area contributed by atoms with E-state index in [1.807, 2.05) is 27.7 Å². The average molecular weight is 299 g/mol. The first-order chi connectivity index (χ1) is 9.77. The summed E-state index contributed by atoms with van der Waals surface area (Å²) >= 11 is 0. The molecule has 122 valence electrons. The maximum absolute atomic E-state index is 2.21. The van der Waals surface area contributed by atoms with Crippen molar-refractivity contribution >= 4 is 21.5 Å². The number of hydrogen-bond donors (Lipinski definition) is 0. The molecular weight excluding hydrogens is 264 g/mol. The molecule has 0 bridgehead atoms. The van der Waals surface area contributed by atoms with Gasteiger partial charge in [-0.1, -0.05) is 91.1 Å². The Balaban J connectivity index is 0. The molecule has 0 fully saturated rings. The van der Waals surface area contributed by atoms with Gasteiger partial charge in [0.15, 0.2) is 0 Å². The maximum atomic E-state index is 2.21. The van der Waals surface area contributed by atoms with Crippen molar-refractivity contribution in [3.8, 4) is 0 Å². The van der Waals surface area contributed by atoms with Gasteiger partial charge in [-0.05, 0) is 46.5 Å². The molecule has 0 radical (unpaired) electrons. The van der Waals surface area contributed by atoms with Crippen LogP contribution >= 0.6 is 0 Å². The molecule has 3 aromatic rings. The lowest BCUT2D eigenvalue weighted by molar-refractivity contribution is 1.50. The zero-order valence-corrected chi connectivity index (χ0v) is 13.6. The van der Waals surface area contributed by atoms with Gasteiger partial charge in [-0.25, -0.2) is 0 Å². The molecule has 3 aromatic carbocycles. The summed E-state index contributed by atoms with van der Waals surface area (Å²) in [6, 6.07) is 17.4. The summed E-state index contributed by atoms with van der Waals surface area (Å²) < 4.78 is 0. The molecule has 0 N–H and O–H groups in total. The van der Waals surface area contributed by atoms with Gasteiger partial charge in [0.1, 0.15) is 0 Å². The van der Waals surface area contributed by atoms with Gasteiger partial charge in [0.25, 0.3) is 0 Å². The molecule has 0 amide bonds. The van der Waals surface area contributed by atoms with Crippen LogP contribution in [0.3, 0.4) is 0 Å². The molecule has 0 atom stereocenters. The highest BCUT2D eigenvalue weighted by Gasteiger charge is 2.04. The van der Waals surface area contributed by atoms with E-state index in [0.717, 1.165) is 0 Å². The largest absolute Gasteiger partial charge is 0.0776 e. The van der Waals surface area contributed by atoms with E-state index < -0.39 is 0 Å². The fourth-order valence-electron chi connectivity index (χ4n) is 2.52. The van der Waals surface area contributed by atoms with Crippen LogP contribution in [0, 0.1) is 13.8 Å². The number of rotatable bonds is 0. The molecule has 0 heterocycles. The summed E-state index contributed by atoms with van der Waals surface area (Å²) in [5, 5.41) is 5.47. The van der Waals surface area contributed by atoms with Crippen LogP contribution < -0.4 is 0 Å². The summed E-state index contributed by atoms with van der Waals surface area (Å²) in [5.41, 5.74) is 2.72. The van der Waals surface area contributed by atoms with E-state index in [4.69, 9.17) is 0 Å². The fraction of sp³-hybridized carbons (Fsp3) is 0.364. The first-order valence-electron chi connectivity index (χ1n) is 7.65. The van der Waals surface area contributed by atoms with E-state index >= 15 is 0 Å². The van der Waals surface area contributed by atoms with E-state index in [0.29, 0.717) is 0 Å². The van der Waals surface area contributed by atoms with Crippen LogP contribution in [0.4, 0.5) is 0 Å². The molecule has 22 heavy (non-hydrogen) atoms. The Hall–Kier alpha value is -1.82. The van der Waals surface area contributed by atoms with E-state index in [-0.39, 0.29) is 14.9 Å². The van der Waals surface area contributed by atoms with Crippen molar-refractivity contribution in [1.82, 2.24) is 0 Å². The number of benzene rings is 3. The van der Waals surface area contributed by atoms with Crippen molar-refractivity contribution in [2.45, 2.75) is 56.4 Å². The van der Waals surface area contributed by atoms with Crippen molar-refractivity contribution in [3.05, 3.63) is 59.7 Å². The van der Waals surface area contributed by atoms with Gasteiger partial charge < -0.3 is 0 Å². The number of aryl methyl sites for hydroxylation is 2. The lowest BCUT2D eigenvalue weighted by atomic mass is 9.95. The quantitative estimate of drug-likeness (QED) is 0.369. The van der Waals surface area contributed by atoms with Gasteiger partial charge in [0, 0.05) is 0 Å². The van der Waals surface area contributed by atoms with Crippen molar-refractivity contribution in [1.29, 1.82) is 0 Å². The number of hydrogen-bond acceptors (Lipinski definition) is 0. The zero-order valence-electron chi connectivity index (χ0n) is 13.6. The summed E-state index contributed by atoms with van der Waals surface area (Å²) in [4.78, 5) is 0. The highest BCUT2D eigenvalue weighted by Crippen LogP contribution is 2.30. The second-order valence-corrected chi connectivity index (χ2v) is 4.41. The van der Waals surface area contributed by atoms with Crippen LogP contribution in [0.15, 0.2) is 48.5 Å². The van der Waals surface area contributed by atoms with Crippen LogP contribution in [0.2, 0.25) is 0 Å². The molecule has 3 rings (SSSR count). The third-order valence-electron chi connectivity index (χ3n) is 3.30. The van der Waals surface area contributed by atoms with Crippen LogP contribution in [-0.4, -0.2) is 0 Å². The van der Waals surface area contributed by atoms with Gasteiger partial charge in [-0.15, -0.1) is 0 Å². The van der Waals surface area contributed by atoms with Gasteiger partial charge in [0.2, 0.25) is 0 Å². The molecule has 0 saturated carbocycles. The average Bonchev–Trinajstić information content (AvgIpc) is 2.51. The van der Waals surface area contributed by atoms with Crippen LogP contribution in [-0.2, 0) is 0 Å². The first kappa shape index (κ1) is 22.5. The topological polar surface area (TPSA) is 0 Å². The molecule has 0 nitrogen and oxygen atoms in total. The van der Waals surface area contributed by atoms with Gasteiger partial charge in [0.05, 0.1) is 0 Å². The van der Waals surface area contributed by atoms with E-state index in [1.54, 1.807) is 0 Å². The minimum Gasteiger partial charge on any atom is -0.0776 e. The van der Waals surface area contributed by atoms with Crippen molar-refractivity contribution < 1.29 is 0 Å². The normalized spacial score (nSPS) is 8.64. The Labute approximate surface area is 138 Å². The smallest absolute Gasteiger partial charge is 0.00735 e. The molecule has 0 aromatic heterocycles. The third kappa shape index (κ3) is 4.34. The Morgan fingerprint density at radius 2 is 0.818 bits per heavy atom. The Morgan fingerprint density at radius 3 is 1.14 bits per heavy atom. The van der Waals surface area contributed by atoms with Gasteiger partial charge in [-0.3, -0.25) is 0 Å². The van der Waals surface area contributed by atoms with Crippen molar-refractivity contribution in [2.75, 3.05) is 0 Å². The van der Waals surface area contributed by atoms with Crippen LogP contribution in [0.5, 0.6) is 0 Å². The first-order valence-corrected chi connectivity index (χ1v) is 7.65. The highest BCUT2D eigenvalue weighted by molar-refractivity contribution is 6.10. The summed E-state index contributed by atoms with van der Waals surface area (Å²) in [6.07, 6.45) is 0. The molecule has 0 saturated heterocycles. The SMILES string of the molecule is C.C.CC.CC.Cc1cccc2ccc3cccc(C)c3c12. The van der Waals surface area contributed by atoms with Crippen LogP contribution in [0.25, 0.3) is 21.5 Å². The standard InChI is InChI=1S/C16H14.2C2H6.2CH4/c1-11-5-3-7-13-9-10-14-8-4-6-12(2)16(14)15(11)13;2*1-2;;/h3-10H,1-2H3;2*1-2H3;2*1H4. The second kappa shape index (κ2) is 10.8. The second-order valence-electron chi connectivity index (χ2n) is 4.41. The van der Waals surface area contributed by atoms with Crippen LogP contribution in [0.1, 0.15) is 53.7 Å². The van der Waals surface area contributed by atoms with Gasteiger partial charge in [-0.2, -0.15) is 0 Å². The molecular formula is C22H34. The zero-order chi connectivity index (χ0) is 15.1. The van der Waals surface area contributed by atoms with Crippen molar-refractivity contribution in [3.63, 3.8) is 0 Å². The third-order valence-corrected chi connectivity index (χ3v) is 3.30. The molecule has 0 aliphatic heterocycles. The Bertz CT molecular complexity index is 617. The minimum atomic E-state index is 0. The highest BCUT2D eigenvalue weighted by atomic mass is 14.1. The molecule has 0 heteroatoms. The van der Waals surface area contributed by atoms with E-state index in [1.165, 1.54) is 32.7 Å². The summed E-state index contributed by atoms with van der Waals surface area (Å²) in [7, 11) is 0. The van der Waals surface area contributed by atoms with Crippen molar-refractivity contribution in [2.24, 2.45) is 0 Å². The molecule has 0 aliphatic rings. The predicted octanol–water partition coefficient (Wildman–Crippen LogP) is 7.93. The van der Waals surface area contributed by atoms with E-state index in [2.05, 4.69) is 62.4 Å². The molecule has 0 spiro atoms. The summed E-state index contributed by atoms with van der Waals surface area (Å²) in [5.74, 6) is 0. The van der Waals surface area contributed by atoms with E-state index in [9.17, 15) is 0 Å². The molecule has 0 unspecified atom stereocenters. The maximum Gasteiger partial charge on any atom is -0.00735 e. The lowest BCUT2D eigenvalue weighted by Gasteiger charge is -2.09. The van der Waals surface area contributed by atoms with Gasteiger partial charge >= 0.3 is 0 Å². The number of fused-ring (bicyclic) bond motifs is 3. The monoisotopic (exact) mass is 298 g/mol. The Morgan fingerprint density at radius 1 is 0.500 bits per heavy atom. The lowest BCUT2D eigenvalue weighted by Crippen LogP contribution is -1.84. The summed E-state index contributed by atoms with van der Waals surface area (Å²) in [6.45, 7) is 12.4. The minimum absolute atomic E-state index is 0. The predicted molar refractivity (Wildman–Crippen MR) is 107 cm³/mol. The molecule has 0 aliphatic carbocycles.